The molecule has 0 amide bonds. The number of carbonyl (C=O) groups excluding carboxylic acids is 1. The van der Waals surface area contributed by atoms with E-state index < -0.39 is 16.8 Å². The predicted octanol–water partition coefficient (Wildman–Crippen LogP) is 3.27. The predicted molar refractivity (Wildman–Crippen MR) is 75.9 cm³/mol. The van der Waals surface area contributed by atoms with Crippen LogP contribution in [0, 0.1) is 0 Å². The van der Waals surface area contributed by atoms with E-state index in [1.165, 1.54) is 0 Å². The van der Waals surface area contributed by atoms with E-state index in [-0.39, 0.29) is 11.7 Å². The van der Waals surface area contributed by atoms with Gasteiger partial charge in [-0.2, -0.15) is 4.55 Å². The molecule has 0 saturated heterocycles. The van der Waals surface area contributed by atoms with Crippen LogP contribution in [0.3, 0.4) is 0 Å². The molecule has 0 bridgehead atoms. The van der Waals surface area contributed by atoms with E-state index in [0.717, 1.165) is 5.56 Å². The number of rotatable bonds is 4. The summed E-state index contributed by atoms with van der Waals surface area (Å²) < 4.78 is 15.0. The smallest absolute Gasteiger partial charge is 0.360 e. The maximum Gasteiger partial charge on any atom is 0.360 e. The standard InChI is InChI=1S/C13H18ClO3S/c1-13(2,3)17-12(15)9-18(16)8-10-6-4-5-7-11(10)14/h4-7,16H,8-9H2,1-3H3/q+1. The van der Waals surface area contributed by atoms with E-state index in [9.17, 15) is 9.35 Å². The Morgan fingerprint density at radius 1 is 1.39 bits per heavy atom. The van der Waals surface area contributed by atoms with Gasteiger partial charge in [-0.1, -0.05) is 29.8 Å². The first-order valence-corrected chi connectivity index (χ1v) is 7.49. The SMILES string of the molecule is CC(C)(C)OC(=O)C[S+](O)Cc1ccccc1Cl. The van der Waals surface area contributed by atoms with Gasteiger partial charge in [0.15, 0.2) is 16.9 Å². The quantitative estimate of drug-likeness (QED) is 0.683. The lowest BCUT2D eigenvalue weighted by atomic mass is 10.2. The second-order valence-electron chi connectivity index (χ2n) is 4.93. The number of esters is 1. The third-order valence-corrected chi connectivity index (χ3v) is 3.57. The summed E-state index contributed by atoms with van der Waals surface area (Å²) >= 11 is 4.93. The van der Waals surface area contributed by atoms with Gasteiger partial charge in [0.25, 0.3) is 0 Å². The molecular formula is C13H18ClO3S+. The van der Waals surface area contributed by atoms with Crippen molar-refractivity contribution in [1.29, 1.82) is 0 Å². The number of hydrogen-bond acceptors (Lipinski definition) is 3. The summed E-state index contributed by atoms with van der Waals surface area (Å²) in [5.41, 5.74) is 0.319. The number of halogens is 1. The molecule has 0 fully saturated rings. The first-order valence-electron chi connectivity index (χ1n) is 5.60. The molecule has 0 aliphatic rings. The zero-order chi connectivity index (χ0) is 13.8. The summed E-state index contributed by atoms with van der Waals surface area (Å²) in [4.78, 5) is 11.5. The van der Waals surface area contributed by atoms with Crippen LogP contribution >= 0.6 is 11.6 Å². The van der Waals surface area contributed by atoms with E-state index in [4.69, 9.17) is 16.3 Å². The lowest BCUT2D eigenvalue weighted by Gasteiger charge is -2.18. The molecule has 0 radical (unpaired) electrons. The van der Waals surface area contributed by atoms with Crippen molar-refractivity contribution in [1.82, 2.24) is 0 Å². The number of carbonyl (C=O) groups is 1. The Hall–Kier alpha value is -0.710. The second-order valence-corrected chi connectivity index (χ2v) is 6.84. The lowest BCUT2D eigenvalue weighted by Crippen LogP contribution is -2.28. The fraction of sp³-hybridized carbons (Fsp3) is 0.462. The number of ether oxygens (including phenoxy) is 1. The minimum absolute atomic E-state index is 0.00247. The van der Waals surface area contributed by atoms with Gasteiger partial charge in [0.1, 0.15) is 5.60 Å². The molecule has 0 saturated carbocycles. The van der Waals surface area contributed by atoms with Crippen molar-refractivity contribution < 1.29 is 14.1 Å². The van der Waals surface area contributed by atoms with Gasteiger partial charge in [0.05, 0.1) is 0 Å². The second kappa shape index (κ2) is 6.45. The molecule has 5 heteroatoms. The Labute approximate surface area is 116 Å². The molecule has 1 unspecified atom stereocenters. The Morgan fingerprint density at radius 2 is 2.00 bits per heavy atom. The highest BCUT2D eigenvalue weighted by atomic mass is 35.5. The van der Waals surface area contributed by atoms with E-state index >= 15 is 0 Å². The maximum atomic E-state index is 11.5. The highest BCUT2D eigenvalue weighted by Crippen LogP contribution is 2.18. The van der Waals surface area contributed by atoms with Crippen LogP contribution in [0.2, 0.25) is 5.02 Å². The van der Waals surface area contributed by atoms with Gasteiger partial charge in [0.2, 0.25) is 5.75 Å². The average Bonchev–Trinajstić information content (AvgIpc) is 2.18. The summed E-state index contributed by atoms with van der Waals surface area (Å²) in [6.07, 6.45) is 0. The summed E-state index contributed by atoms with van der Waals surface area (Å²) in [5.74, 6) is -0.0121. The molecule has 3 nitrogen and oxygen atoms in total. The third-order valence-electron chi connectivity index (χ3n) is 1.98. The number of benzene rings is 1. The van der Waals surface area contributed by atoms with Gasteiger partial charge in [0, 0.05) is 10.6 Å². The zero-order valence-electron chi connectivity index (χ0n) is 10.8. The highest BCUT2D eigenvalue weighted by Gasteiger charge is 2.26. The maximum absolute atomic E-state index is 11.5. The van der Waals surface area contributed by atoms with Crippen LogP contribution in [0.15, 0.2) is 24.3 Å². The van der Waals surface area contributed by atoms with Crippen LogP contribution in [0.4, 0.5) is 0 Å². The van der Waals surface area contributed by atoms with Crippen LogP contribution in [-0.4, -0.2) is 21.9 Å². The fourth-order valence-corrected chi connectivity index (χ4v) is 2.68. The molecule has 1 aromatic rings. The van der Waals surface area contributed by atoms with Crippen LogP contribution < -0.4 is 0 Å². The fourth-order valence-electron chi connectivity index (χ4n) is 1.35. The average molecular weight is 290 g/mol. The largest absolute Gasteiger partial charge is 0.456 e. The molecule has 0 heterocycles. The van der Waals surface area contributed by atoms with E-state index in [0.29, 0.717) is 10.8 Å². The first-order chi connectivity index (χ1) is 8.28. The topological polar surface area (TPSA) is 46.5 Å². The summed E-state index contributed by atoms with van der Waals surface area (Å²) in [7, 11) is 0. The molecule has 0 aliphatic heterocycles. The Balaban J connectivity index is 2.50. The van der Waals surface area contributed by atoms with Crippen LogP contribution in [0.25, 0.3) is 0 Å². The molecule has 0 aromatic heterocycles. The summed E-state index contributed by atoms with van der Waals surface area (Å²) in [6, 6.07) is 7.29. The summed E-state index contributed by atoms with van der Waals surface area (Å²) in [6.45, 7) is 5.40. The minimum atomic E-state index is -1.06. The van der Waals surface area contributed by atoms with E-state index in [1.807, 2.05) is 18.2 Å². The number of hydrogen-bond donors (Lipinski definition) is 1. The van der Waals surface area contributed by atoms with Gasteiger partial charge in [-0.3, -0.25) is 0 Å². The monoisotopic (exact) mass is 289 g/mol. The molecule has 100 valence electrons. The van der Waals surface area contributed by atoms with Crippen molar-refractivity contribution in [3.05, 3.63) is 34.9 Å². The van der Waals surface area contributed by atoms with Crippen LogP contribution in [0.1, 0.15) is 26.3 Å². The van der Waals surface area contributed by atoms with Crippen molar-refractivity contribution >= 4 is 28.7 Å². The van der Waals surface area contributed by atoms with Crippen molar-refractivity contribution in [2.45, 2.75) is 32.1 Å². The van der Waals surface area contributed by atoms with Gasteiger partial charge in [-0.05, 0) is 26.8 Å². The van der Waals surface area contributed by atoms with Gasteiger partial charge < -0.3 is 4.74 Å². The van der Waals surface area contributed by atoms with Crippen molar-refractivity contribution in [2.24, 2.45) is 0 Å². The van der Waals surface area contributed by atoms with Crippen molar-refractivity contribution in [3.63, 3.8) is 0 Å². The zero-order valence-corrected chi connectivity index (χ0v) is 12.3. The van der Waals surface area contributed by atoms with E-state index in [2.05, 4.69) is 0 Å². The van der Waals surface area contributed by atoms with Crippen molar-refractivity contribution in [2.75, 3.05) is 5.75 Å². The molecule has 0 aliphatic carbocycles. The molecule has 18 heavy (non-hydrogen) atoms. The Morgan fingerprint density at radius 3 is 2.56 bits per heavy atom. The molecule has 0 spiro atoms. The normalized spacial score (nSPS) is 13.2. The highest BCUT2D eigenvalue weighted by molar-refractivity contribution is 7.91. The van der Waals surface area contributed by atoms with Crippen LogP contribution in [0.5, 0.6) is 0 Å². The molecule has 1 atom stereocenters. The lowest BCUT2D eigenvalue weighted by molar-refractivity contribution is -0.151. The van der Waals surface area contributed by atoms with Crippen molar-refractivity contribution in [3.8, 4) is 0 Å². The Bertz CT molecular complexity index is 415. The van der Waals surface area contributed by atoms with E-state index in [1.54, 1.807) is 26.8 Å². The molecular weight excluding hydrogens is 272 g/mol. The summed E-state index contributed by atoms with van der Waals surface area (Å²) in [5, 5.41) is 0.605. The third kappa shape index (κ3) is 5.76. The Kier molecular flexibility index (Phi) is 5.50. The first kappa shape index (κ1) is 15.3. The van der Waals surface area contributed by atoms with Gasteiger partial charge in [-0.25, -0.2) is 4.79 Å². The minimum Gasteiger partial charge on any atom is -0.456 e. The molecule has 1 aromatic carbocycles. The molecule has 1 N–H and O–H groups in total. The van der Waals surface area contributed by atoms with Gasteiger partial charge >= 0.3 is 5.97 Å². The van der Waals surface area contributed by atoms with Crippen LogP contribution in [-0.2, 0) is 26.5 Å². The molecule has 1 rings (SSSR count). The van der Waals surface area contributed by atoms with Gasteiger partial charge in [-0.15, -0.1) is 0 Å².